The average Bonchev–Trinajstić information content (AvgIpc) is 2.21. The number of nitrogens with zero attached hydrogens (tertiary/aromatic N) is 2. The zero-order valence-corrected chi connectivity index (χ0v) is 10.5. The Hall–Kier alpha value is -1.94. The summed E-state index contributed by atoms with van der Waals surface area (Å²) in [6, 6.07) is 4.26. The Kier molecular flexibility index (Phi) is 4.17. The molecule has 0 radical (unpaired) electrons. The minimum atomic E-state index is -0.434. The molecule has 4 N–H and O–H groups in total. The number of anilines is 1. The van der Waals surface area contributed by atoms with Crippen molar-refractivity contribution in [2.24, 2.45) is 10.8 Å². The van der Waals surface area contributed by atoms with Gasteiger partial charge in [0.1, 0.15) is 11.9 Å². The van der Waals surface area contributed by atoms with Crippen molar-refractivity contribution in [3.63, 3.8) is 0 Å². The van der Waals surface area contributed by atoms with Gasteiger partial charge in [0.05, 0.1) is 5.69 Å². The standard InChI is InChI=1S/C10H9BrFN5/c1-5-2-6(12)3-7(11)9(5)17-16-8(4-13)10(14)15/h2-3,17H,1H3,(H3,14,15)/b16-8+. The number of halogens is 2. The fourth-order valence-corrected chi connectivity index (χ4v) is 1.72. The van der Waals surface area contributed by atoms with E-state index in [0.717, 1.165) is 0 Å². The number of nitrogens with two attached hydrogens (primary N) is 1. The van der Waals surface area contributed by atoms with Crippen molar-refractivity contribution in [1.82, 2.24) is 0 Å². The maximum absolute atomic E-state index is 13.0. The van der Waals surface area contributed by atoms with Crippen molar-refractivity contribution >= 4 is 33.2 Å². The smallest absolute Gasteiger partial charge is 0.201 e. The molecule has 0 aliphatic rings. The van der Waals surface area contributed by atoms with Crippen LogP contribution in [0, 0.1) is 29.5 Å². The summed E-state index contributed by atoms with van der Waals surface area (Å²) in [6.45, 7) is 1.69. The van der Waals surface area contributed by atoms with Crippen LogP contribution in [0.3, 0.4) is 0 Å². The molecule has 0 aliphatic heterocycles. The van der Waals surface area contributed by atoms with E-state index in [9.17, 15) is 4.39 Å². The van der Waals surface area contributed by atoms with E-state index in [2.05, 4.69) is 26.5 Å². The molecule has 7 heteroatoms. The second kappa shape index (κ2) is 5.41. The van der Waals surface area contributed by atoms with E-state index in [0.29, 0.717) is 15.7 Å². The Morgan fingerprint density at radius 1 is 1.65 bits per heavy atom. The average molecular weight is 298 g/mol. The summed E-state index contributed by atoms with van der Waals surface area (Å²) in [5.41, 5.74) is 8.59. The van der Waals surface area contributed by atoms with E-state index < -0.39 is 5.84 Å². The molecule has 0 aliphatic carbocycles. The summed E-state index contributed by atoms with van der Waals surface area (Å²) < 4.78 is 13.5. The molecule has 0 amide bonds. The number of rotatable bonds is 3. The van der Waals surface area contributed by atoms with Crippen LogP contribution in [-0.2, 0) is 0 Å². The highest BCUT2D eigenvalue weighted by molar-refractivity contribution is 9.10. The van der Waals surface area contributed by atoms with Gasteiger partial charge in [0.15, 0.2) is 5.84 Å². The third-order valence-corrected chi connectivity index (χ3v) is 2.52. The Bertz CT molecular complexity index is 509. The highest BCUT2D eigenvalue weighted by Gasteiger charge is 2.07. The van der Waals surface area contributed by atoms with E-state index in [4.69, 9.17) is 16.4 Å². The van der Waals surface area contributed by atoms with Crippen LogP contribution in [0.15, 0.2) is 21.7 Å². The molecule has 1 aromatic rings. The lowest BCUT2D eigenvalue weighted by atomic mass is 10.2. The van der Waals surface area contributed by atoms with Crippen LogP contribution in [0.1, 0.15) is 5.56 Å². The van der Waals surface area contributed by atoms with Gasteiger partial charge in [0.2, 0.25) is 5.71 Å². The zero-order chi connectivity index (χ0) is 13.0. The van der Waals surface area contributed by atoms with Crippen LogP contribution < -0.4 is 11.2 Å². The van der Waals surface area contributed by atoms with Gasteiger partial charge in [-0.1, -0.05) is 0 Å². The Morgan fingerprint density at radius 3 is 2.76 bits per heavy atom. The highest BCUT2D eigenvalue weighted by atomic mass is 79.9. The van der Waals surface area contributed by atoms with Gasteiger partial charge < -0.3 is 5.73 Å². The minimum absolute atomic E-state index is 0.236. The highest BCUT2D eigenvalue weighted by Crippen LogP contribution is 2.27. The Labute approximate surface area is 106 Å². The van der Waals surface area contributed by atoms with Gasteiger partial charge >= 0.3 is 0 Å². The third-order valence-electron chi connectivity index (χ3n) is 1.89. The molecule has 0 unspecified atom stereocenters. The monoisotopic (exact) mass is 297 g/mol. The SMILES string of the molecule is Cc1cc(F)cc(Br)c1N/N=C(\C#N)C(=N)N. The normalized spacial score (nSPS) is 10.8. The van der Waals surface area contributed by atoms with Gasteiger partial charge in [-0.25, -0.2) is 4.39 Å². The molecule has 17 heavy (non-hydrogen) atoms. The molecule has 0 atom stereocenters. The van der Waals surface area contributed by atoms with E-state index in [1.165, 1.54) is 12.1 Å². The second-order valence-electron chi connectivity index (χ2n) is 3.18. The first-order chi connectivity index (χ1) is 7.95. The number of benzene rings is 1. The van der Waals surface area contributed by atoms with Crippen LogP contribution >= 0.6 is 15.9 Å². The number of hydrogen-bond donors (Lipinski definition) is 3. The fourth-order valence-electron chi connectivity index (χ4n) is 1.10. The number of amidine groups is 1. The summed E-state index contributed by atoms with van der Waals surface area (Å²) >= 11 is 3.17. The Balaban J connectivity index is 3.05. The molecule has 0 heterocycles. The first-order valence-corrected chi connectivity index (χ1v) is 5.29. The van der Waals surface area contributed by atoms with Crippen molar-refractivity contribution in [1.29, 1.82) is 10.7 Å². The van der Waals surface area contributed by atoms with Crippen molar-refractivity contribution in [3.05, 3.63) is 28.0 Å². The molecule has 0 fully saturated rings. The molecule has 0 spiro atoms. The summed E-state index contributed by atoms with van der Waals surface area (Å²) in [5.74, 6) is -0.813. The largest absolute Gasteiger partial charge is 0.382 e. The quantitative estimate of drug-likeness (QED) is 0.453. The first-order valence-electron chi connectivity index (χ1n) is 4.49. The van der Waals surface area contributed by atoms with E-state index in [1.807, 2.05) is 0 Å². The predicted molar refractivity (Wildman–Crippen MR) is 67.4 cm³/mol. The zero-order valence-electron chi connectivity index (χ0n) is 8.88. The number of nitriles is 1. The fraction of sp³-hybridized carbons (Fsp3) is 0.100. The first kappa shape index (κ1) is 13.1. The second-order valence-corrected chi connectivity index (χ2v) is 4.03. The van der Waals surface area contributed by atoms with Crippen molar-refractivity contribution in [2.45, 2.75) is 6.92 Å². The van der Waals surface area contributed by atoms with Crippen LogP contribution in [0.5, 0.6) is 0 Å². The summed E-state index contributed by atoms with van der Waals surface area (Å²) in [4.78, 5) is 0. The number of hydrazone groups is 1. The molecule has 0 bridgehead atoms. The maximum Gasteiger partial charge on any atom is 0.201 e. The molecular formula is C10H9BrFN5. The summed E-state index contributed by atoms with van der Waals surface area (Å²) in [7, 11) is 0. The van der Waals surface area contributed by atoms with Crippen LogP contribution in [0.25, 0.3) is 0 Å². The van der Waals surface area contributed by atoms with Crippen LogP contribution in [-0.4, -0.2) is 11.5 Å². The van der Waals surface area contributed by atoms with Gasteiger partial charge in [-0.3, -0.25) is 10.8 Å². The number of hydrogen-bond acceptors (Lipinski definition) is 4. The van der Waals surface area contributed by atoms with Crippen LogP contribution in [0.2, 0.25) is 0 Å². The Morgan fingerprint density at radius 2 is 2.29 bits per heavy atom. The van der Waals surface area contributed by atoms with E-state index >= 15 is 0 Å². The number of nitrogens with one attached hydrogen (secondary N) is 2. The summed E-state index contributed by atoms with van der Waals surface area (Å²) in [6.07, 6.45) is 0. The molecule has 0 saturated heterocycles. The van der Waals surface area contributed by atoms with Crippen molar-refractivity contribution < 1.29 is 4.39 Å². The van der Waals surface area contributed by atoms with Gasteiger partial charge in [0, 0.05) is 4.47 Å². The van der Waals surface area contributed by atoms with Crippen LogP contribution in [0.4, 0.5) is 10.1 Å². The molecule has 0 aromatic heterocycles. The molecule has 1 rings (SSSR count). The topological polar surface area (TPSA) is 98.0 Å². The number of aryl methyl sites for hydroxylation is 1. The van der Waals surface area contributed by atoms with Crippen molar-refractivity contribution in [2.75, 3.05) is 5.43 Å². The third kappa shape index (κ3) is 3.26. The molecular weight excluding hydrogens is 289 g/mol. The molecule has 88 valence electrons. The van der Waals surface area contributed by atoms with E-state index in [-0.39, 0.29) is 11.5 Å². The van der Waals surface area contributed by atoms with Crippen molar-refractivity contribution in [3.8, 4) is 6.07 Å². The predicted octanol–water partition coefficient (Wildman–Crippen LogP) is 2.12. The molecule has 0 saturated carbocycles. The van der Waals surface area contributed by atoms with Gasteiger partial charge in [-0.05, 0) is 40.5 Å². The maximum atomic E-state index is 13.0. The lowest BCUT2D eigenvalue weighted by Crippen LogP contribution is -2.22. The van der Waals surface area contributed by atoms with E-state index in [1.54, 1.807) is 13.0 Å². The van der Waals surface area contributed by atoms with Gasteiger partial charge in [-0.2, -0.15) is 10.4 Å². The summed E-state index contributed by atoms with van der Waals surface area (Å²) in [5, 5.41) is 19.4. The minimum Gasteiger partial charge on any atom is -0.382 e. The molecule has 1 aromatic carbocycles. The van der Waals surface area contributed by atoms with Gasteiger partial charge in [-0.15, -0.1) is 0 Å². The molecule has 5 nitrogen and oxygen atoms in total. The van der Waals surface area contributed by atoms with Gasteiger partial charge in [0.25, 0.3) is 0 Å². The lowest BCUT2D eigenvalue weighted by molar-refractivity contribution is 0.626. The lowest BCUT2D eigenvalue weighted by Gasteiger charge is -2.08.